The fourth-order valence-corrected chi connectivity index (χ4v) is 10.3. The van der Waals surface area contributed by atoms with Crippen LogP contribution in [0.3, 0.4) is 0 Å². The van der Waals surface area contributed by atoms with Crippen molar-refractivity contribution in [1.82, 2.24) is 19.5 Å². The van der Waals surface area contributed by atoms with Gasteiger partial charge in [-0.25, -0.2) is 4.98 Å². The molecule has 12 aromatic rings. The molecule has 0 N–H and O–H groups in total. The lowest BCUT2D eigenvalue weighted by Gasteiger charge is -2.21. The molecule has 0 bridgehead atoms. The van der Waals surface area contributed by atoms with Crippen molar-refractivity contribution in [3.05, 3.63) is 205 Å². The summed E-state index contributed by atoms with van der Waals surface area (Å²) in [6.45, 7) is 8.97. The first-order valence-corrected chi connectivity index (χ1v) is 22.8. The Labute approximate surface area is 378 Å². The number of aromatic nitrogens is 4. The average molecular weight is 835 g/mol. The smallest absolute Gasteiger partial charge is 0.238 e. The lowest BCUT2D eigenvalue weighted by atomic mass is 9.82. The van der Waals surface area contributed by atoms with Crippen LogP contribution in [0.5, 0.6) is 0 Å². The molecule has 65 heavy (non-hydrogen) atoms. The van der Waals surface area contributed by atoms with Crippen molar-refractivity contribution < 1.29 is 0 Å². The van der Waals surface area contributed by atoms with Gasteiger partial charge in [0.05, 0.1) is 11.0 Å². The van der Waals surface area contributed by atoms with E-state index in [1.165, 1.54) is 55.6 Å². The normalized spacial score (nSPS) is 12.8. The molecule has 2 heterocycles. The molecule has 0 atom stereocenters. The summed E-state index contributed by atoms with van der Waals surface area (Å²) in [7, 11) is 0. The highest BCUT2D eigenvalue weighted by Gasteiger charge is 2.36. The Morgan fingerprint density at radius 1 is 0.400 bits per heavy atom. The van der Waals surface area contributed by atoms with Gasteiger partial charge in [0.15, 0.2) is 11.6 Å². The molecule has 4 nitrogen and oxygen atoms in total. The second-order valence-electron chi connectivity index (χ2n) is 18.0. The van der Waals surface area contributed by atoms with E-state index >= 15 is 0 Å². The molecular formula is C61H46N4. The molecule has 310 valence electrons. The highest BCUT2D eigenvalue weighted by molar-refractivity contribution is 6.17. The summed E-state index contributed by atoms with van der Waals surface area (Å²) in [4.78, 5) is 16.1. The summed E-state index contributed by atoms with van der Waals surface area (Å²) in [5.41, 5.74) is 11.5. The van der Waals surface area contributed by atoms with E-state index in [2.05, 4.69) is 226 Å². The van der Waals surface area contributed by atoms with E-state index in [1.807, 2.05) is 0 Å². The average Bonchev–Trinajstić information content (AvgIpc) is 3.80. The van der Waals surface area contributed by atoms with Crippen molar-refractivity contribution in [2.24, 2.45) is 0 Å². The third-order valence-corrected chi connectivity index (χ3v) is 13.4. The second kappa shape index (κ2) is 15.1. The van der Waals surface area contributed by atoms with Crippen LogP contribution >= 0.6 is 0 Å². The summed E-state index contributed by atoms with van der Waals surface area (Å²) in [6.07, 6.45) is 1.25. The summed E-state index contributed by atoms with van der Waals surface area (Å²) < 4.78 is 2.30. The molecule has 2 aromatic heterocycles. The first-order valence-electron chi connectivity index (χ1n) is 22.8. The van der Waals surface area contributed by atoms with Crippen molar-refractivity contribution in [3.8, 4) is 51.0 Å². The lowest BCUT2D eigenvalue weighted by Crippen LogP contribution is -2.14. The van der Waals surface area contributed by atoms with Crippen LogP contribution in [0, 0.1) is 0 Å². The van der Waals surface area contributed by atoms with E-state index in [0.717, 1.165) is 60.2 Å². The van der Waals surface area contributed by atoms with Gasteiger partial charge in [-0.1, -0.05) is 198 Å². The summed E-state index contributed by atoms with van der Waals surface area (Å²) >= 11 is 0. The maximum Gasteiger partial charge on any atom is 0.238 e. The van der Waals surface area contributed by atoms with Crippen LogP contribution in [0.2, 0.25) is 0 Å². The molecule has 0 saturated heterocycles. The van der Waals surface area contributed by atoms with E-state index < -0.39 is 0 Å². The fourth-order valence-electron chi connectivity index (χ4n) is 10.3. The lowest BCUT2D eigenvalue weighted by molar-refractivity contribution is 0.661. The number of hydrogen-bond donors (Lipinski definition) is 0. The molecule has 1 aliphatic rings. The van der Waals surface area contributed by atoms with Gasteiger partial charge in [-0.3, -0.25) is 4.57 Å². The summed E-state index contributed by atoms with van der Waals surface area (Å²) in [5, 5.41) is 11.8. The van der Waals surface area contributed by atoms with E-state index in [-0.39, 0.29) is 5.41 Å². The van der Waals surface area contributed by atoms with E-state index in [4.69, 9.17) is 15.0 Å². The Kier molecular flexibility index (Phi) is 8.99. The van der Waals surface area contributed by atoms with E-state index in [9.17, 15) is 0 Å². The summed E-state index contributed by atoms with van der Waals surface area (Å²) in [5.74, 6) is 1.83. The quantitative estimate of drug-likeness (QED) is 0.177. The zero-order valence-corrected chi connectivity index (χ0v) is 37.0. The highest BCUT2D eigenvalue weighted by Crippen LogP contribution is 2.52. The van der Waals surface area contributed by atoms with Gasteiger partial charge in [0, 0.05) is 32.9 Å². The third-order valence-electron chi connectivity index (χ3n) is 13.4. The molecule has 13 rings (SSSR count). The van der Waals surface area contributed by atoms with Crippen molar-refractivity contribution in [3.63, 3.8) is 0 Å². The van der Waals surface area contributed by atoms with Gasteiger partial charge in [0.2, 0.25) is 5.95 Å². The molecule has 1 aliphatic carbocycles. The Morgan fingerprint density at radius 3 is 1.55 bits per heavy atom. The molecule has 10 aromatic carbocycles. The predicted octanol–water partition coefficient (Wildman–Crippen LogP) is 16.3. The topological polar surface area (TPSA) is 43.6 Å². The number of benzene rings is 10. The van der Waals surface area contributed by atoms with Gasteiger partial charge >= 0.3 is 0 Å². The Bertz CT molecular complexity index is 3780. The van der Waals surface area contributed by atoms with Crippen LogP contribution in [0.4, 0.5) is 0 Å². The maximum atomic E-state index is 5.44. The van der Waals surface area contributed by atoms with Crippen LogP contribution in [0.1, 0.15) is 45.2 Å². The maximum absolute atomic E-state index is 5.44. The van der Waals surface area contributed by atoms with Gasteiger partial charge in [-0.2, -0.15) is 9.97 Å². The zero-order chi connectivity index (χ0) is 43.8. The number of hydrogen-bond acceptors (Lipinski definition) is 3. The van der Waals surface area contributed by atoms with Gasteiger partial charge < -0.3 is 0 Å². The van der Waals surface area contributed by atoms with Gasteiger partial charge in [-0.05, 0) is 101 Å². The largest absolute Gasteiger partial charge is 0.277 e. The van der Waals surface area contributed by atoms with Crippen LogP contribution in [0.25, 0.3) is 116 Å². The Morgan fingerprint density at radius 2 is 0.908 bits per heavy atom. The molecule has 0 fully saturated rings. The SMILES string of the molecule is CC1(C)c2ccc(-c3cccc4c5cc6ccccc6cc5n(-c5nc(-c6ccc7ccccc7c6)nc(-c6ccc7ccccc7c6)n5)c34)cc2-c2c1ccc1ccccc21.CCC. The van der Waals surface area contributed by atoms with Gasteiger partial charge in [0.1, 0.15) is 0 Å². The molecule has 0 aliphatic heterocycles. The molecule has 0 saturated carbocycles. The number of fused-ring (bicyclic) bond motifs is 11. The molecule has 0 amide bonds. The first kappa shape index (κ1) is 38.7. The van der Waals surface area contributed by atoms with Gasteiger partial charge in [0.25, 0.3) is 0 Å². The second-order valence-corrected chi connectivity index (χ2v) is 18.0. The molecule has 0 unspecified atom stereocenters. The van der Waals surface area contributed by atoms with Crippen LogP contribution in [-0.4, -0.2) is 19.5 Å². The van der Waals surface area contributed by atoms with Crippen LogP contribution in [-0.2, 0) is 5.41 Å². The number of para-hydroxylation sites is 1. The monoisotopic (exact) mass is 834 g/mol. The first-order chi connectivity index (χ1) is 31.9. The zero-order valence-electron chi connectivity index (χ0n) is 37.0. The fraction of sp³-hybridized carbons (Fsp3) is 0.0984. The minimum atomic E-state index is -0.128. The van der Waals surface area contributed by atoms with Crippen LogP contribution < -0.4 is 0 Å². The van der Waals surface area contributed by atoms with Crippen molar-refractivity contribution in [1.29, 1.82) is 0 Å². The van der Waals surface area contributed by atoms with Crippen molar-refractivity contribution >= 4 is 64.9 Å². The Balaban J connectivity index is 0.00000144. The molecule has 0 radical (unpaired) electrons. The molecular weight excluding hydrogens is 789 g/mol. The molecule has 0 spiro atoms. The predicted molar refractivity (Wildman–Crippen MR) is 274 cm³/mol. The van der Waals surface area contributed by atoms with Crippen LogP contribution in [0.15, 0.2) is 194 Å². The number of nitrogens with zero attached hydrogens (tertiary/aromatic N) is 4. The highest BCUT2D eigenvalue weighted by atomic mass is 15.2. The standard InChI is InChI=1S/C58H38N4.C3H8/c1-58(2)50-28-27-42(33-49(50)53-45-19-10-9-14-37(45)26-29-51(53)58)46-20-11-21-47-48-32-40-17-7-8-18-41(40)34-52(48)62(54(46)47)57-60-55(43-24-22-35-12-3-5-15-38(35)30-43)59-56(61-57)44-25-23-36-13-4-6-16-39(36)31-44;1-3-2/h3-34H,1-2H3;3H2,1-2H3. The van der Waals surface area contributed by atoms with E-state index in [0.29, 0.717) is 17.6 Å². The number of rotatable bonds is 4. The minimum absolute atomic E-state index is 0.128. The Hall–Kier alpha value is -7.95. The van der Waals surface area contributed by atoms with E-state index in [1.54, 1.807) is 0 Å². The third kappa shape index (κ3) is 6.24. The van der Waals surface area contributed by atoms with Gasteiger partial charge in [-0.15, -0.1) is 0 Å². The molecule has 4 heteroatoms. The minimum Gasteiger partial charge on any atom is -0.277 e. The van der Waals surface area contributed by atoms with Crippen molar-refractivity contribution in [2.45, 2.75) is 39.5 Å². The summed E-state index contributed by atoms with van der Waals surface area (Å²) in [6, 6.07) is 70.3. The van der Waals surface area contributed by atoms with Crippen molar-refractivity contribution in [2.75, 3.05) is 0 Å².